The van der Waals surface area contributed by atoms with E-state index in [1.165, 1.54) is 12.1 Å². The summed E-state index contributed by atoms with van der Waals surface area (Å²) in [6, 6.07) is 11.4. The first kappa shape index (κ1) is 17.3. The summed E-state index contributed by atoms with van der Waals surface area (Å²) in [5, 5.41) is 13.2. The van der Waals surface area contributed by atoms with Crippen LogP contribution >= 0.6 is 0 Å². The Kier molecular flexibility index (Phi) is 4.43. The molecule has 1 aliphatic heterocycles. The number of fused-ring (bicyclic) bond motifs is 1. The van der Waals surface area contributed by atoms with E-state index in [0.29, 0.717) is 11.3 Å². The first-order chi connectivity index (χ1) is 11.8. The summed E-state index contributed by atoms with van der Waals surface area (Å²) in [6.07, 6.45) is -4.40. The minimum absolute atomic E-state index is 0.210. The van der Waals surface area contributed by atoms with Crippen LogP contribution in [0.1, 0.15) is 27.9 Å². The lowest BCUT2D eigenvalue weighted by Gasteiger charge is -2.34. The minimum atomic E-state index is -4.63. The first-order valence-corrected chi connectivity index (χ1v) is 7.70. The third-order valence-corrected chi connectivity index (χ3v) is 4.18. The van der Waals surface area contributed by atoms with Crippen molar-refractivity contribution in [3.63, 3.8) is 0 Å². The van der Waals surface area contributed by atoms with Crippen molar-refractivity contribution < 1.29 is 27.8 Å². The highest BCUT2D eigenvalue weighted by molar-refractivity contribution is 5.95. The molecule has 2 N–H and O–H groups in total. The van der Waals surface area contributed by atoms with Crippen molar-refractivity contribution in [2.24, 2.45) is 0 Å². The van der Waals surface area contributed by atoms with Gasteiger partial charge in [-0.25, -0.2) is 0 Å². The predicted molar refractivity (Wildman–Crippen MR) is 84.2 cm³/mol. The minimum Gasteiger partial charge on any atom is -0.493 e. The number of hydrogen-bond donors (Lipinski definition) is 2. The van der Waals surface area contributed by atoms with Gasteiger partial charge in [0.1, 0.15) is 11.4 Å². The standard InChI is InChI=1S/C18H16F3NO3/c19-18(20,21)13-6-2-1-5-12(13)16(23)22-11-17(24)9-10-25-15-8-4-3-7-14(15)17/h1-8,24H,9-11H2,(H,22,23). The molecule has 0 bridgehead atoms. The highest BCUT2D eigenvalue weighted by atomic mass is 19.4. The molecule has 1 unspecified atom stereocenters. The number of amides is 1. The van der Waals surface area contributed by atoms with Gasteiger partial charge in [0.15, 0.2) is 0 Å². The number of alkyl halides is 3. The molecule has 2 aromatic carbocycles. The van der Waals surface area contributed by atoms with Crippen LogP contribution in [-0.4, -0.2) is 24.2 Å². The Hall–Kier alpha value is -2.54. The van der Waals surface area contributed by atoms with Crippen LogP contribution in [0.25, 0.3) is 0 Å². The molecule has 1 heterocycles. The van der Waals surface area contributed by atoms with Crippen molar-refractivity contribution in [3.05, 3.63) is 65.2 Å². The van der Waals surface area contributed by atoms with E-state index < -0.39 is 28.8 Å². The van der Waals surface area contributed by atoms with Crippen molar-refractivity contribution in [2.45, 2.75) is 18.2 Å². The fourth-order valence-electron chi connectivity index (χ4n) is 2.88. The van der Waals surface area contributed by atoms with Gasteiger partial charge < -0.3 is 15.2 Å². The maximum absolute atomic E-state index is 13.0. The molecular weight excluding hydrogens is 335 g/mol. The maximum atomic E-state index is 13.0. The molecule has 7 heteroatoms. The summed E-state index contributed by atoms with van der Waals surface area (Å²) in [5.74, 6) is -0.383. The van der Waals surface area contributed by atoms with E-state index >= 15 is 0 Å². The van der Waals surface area contributed by atoms with E-state index in [0.717, 1.165) is 12.1 Å². The summed E-state index contributed by atoms with van der Waals surface area (Å²) < 4.78 is 44.5. The SMILES string of the molecule is O=C(NCC1(O)CCOc2ccccc21)c1ccccc1C(F)(F)F. The predicted octanol–water partition coefficient (Wildman–Crippen LogP) is 3.11. The Morgan fingerprint density at radius 1 is 1.16 bits per heavy atom. The smallest absolute Gasteiger partial charge is 0.417 e. The van der Waals surface area contributed by atoms with Crippen LogP contribution < -0.4 is 10.1 Å². The van der Waals surface area contributed by atoms with Gasteiger partial charge in [-0.05, 0) is 18.2 Å². The molecule has 132 valence electrons. The second-order valence-electron chi connectivity index (χ2n) is 5.85. The van der Waals surface area contributed by atoms with Crippen LogP contribution in [-0.2, 0) is 11.8 Å². The third-order valence-electron chi connectivity index (χ3n) is 4.18. The quantitative estimate of drug-likeness (QED) is 0.893. The average Bonchev–Trinajstić information content (AvgIpc) is 2.59. The Bertz CT molecular complexity index is 791. The van der Waals surface area contributed by atoms with Crippen molar-refractivity contribution in [1.82, 2.24) is 5.32 Å². The van der Waals surface area contributed by atoms with Gasteiger partial charge in [-0.3, -0.25) is 4.79 Å². The number of ether oxygens (including phenoxy) is 1. The number of halogens is 3. The van der Waals surface area contributed by atoms with Gasteiger partial charge in [0, 0.05) is 12.0 Å². The van der Waals surface area contributed by atoms with Crippen molar-refractivity contribution in [2.75, 3.05) is 13.2 Å². The number of nitrogens with one attached hydrogen (secondary N) is 1. The number of carbonyl (C=O) groups is 1. The Balaban J connectivity index is 1.80. The first-order valence-electron chi connectivity index (χ1n) is 7.70. The van der Waals surface area contributed by atoms with E-state index in [4.69, 9.17) is 4.74 Å². The molecular formula is C18H16F3NO3. The normalized spacial score (nSPS) is 19.7. The zero-order chi connectivity index (χ0) is 18.1. The molecule has 1 atom stereocenters. The summed E-state index contributed by atoms with van der Waals surface area (Å²) in [6.45, 7) is 0.0426. The van der Waals surface area contributed by atoms with Crippen LogP contribution in [0.5, 0.6) is 5.75 Å². The van der Waals surface area contributed by atoms with Crippen LogP contribution in [0.2, 0.25) is 0 Å². The molecule has 25 heavy (non-hydrogen) atoms. The second-order valence-corrected chi connectivity index (χ2v) is 5.85. The molecule has 0 saturated heterocycles. The Labute approximate surface area is 142 Å². The molecule has 0 aliphatic carbocycles. The monoisotopic (exact) mass is 351 g/mol. The fourth-order valence-corrected chi connectivity index (χ4v) is 2.88. The van der Waals surface area contributed by atoms with Crippen LogP contribution in [0.3, 0.4) is 0 Å². The van der Waals surface area contributed by atoms with Crippen molar-refractivity contribution >= 4 is 5.91 Å². The molecule has 0 radical (unpaired) electrons. The molecule has 3 rings (SSSR count). The molecule has 2 aromatic rings. The molecule has 0 spiro atoms. The van der Waals surface area contributed by atoms with Gasteiger partial charge in [0.05, 0.1) is 24.3 Å². The van der Waals surface area contributed by atoms with E-state index in [-0.39, 0.29) is 19.6 Å². The molecule has 0 fully saturated rings. The molecule has 0 aromatic heterocycles. The summed E-state index contributed by atoms with van der Waals surface area (Å²) in [5.41, 5.74) is -2.37. The highest BCUT2D eigenvalue weighted by Crippen LogP contribution is 2.36. The average molecular weight is 351 g/mol. The summed E-state index contributed by atoms with van der Waals surface area (Å²) in [4.78, 5) is 12.3. The molecule has 1 amide bonds. The number of aliphatic hydroxyl groups is 1. The number of benzene rings is 2. The second kappa shape index (κ2) is 6.40. The summed E-state index contributed by atoms with van der Waals surface area (Å²) in [7, 11) is 0. The van der Waals surface area contributed by atoms with Gasteiger partial charge in [0.2, 0.25) is 0 Å². The lowest BCUT2D eigenvalue weighted by atomic mass is 9.88. The third kappa shape index (κ3) is 3.46. The highest BCUT2D eigenvalue weighted by Gasteiger charge is 2.38. The number of hydrogen-bond acceptors (Lipinski definition) is 3. The van der Waals surface area contributed by atoms with E-state index in [2.05, 4.69) is 5.32 Å². The van der Waals surface area contributed by atoms with Crippen LogP contribution in [0.4, 0.5) is 13.2 Å². The Morgan fingerprint density at radius 3 is 2.60 bits per heavy atom. The van der Waals surface area contributed by atoms with Gasteiger partial charge in [-0.1, -0.05) is 30.3 Å². The Morgan fingerprint density at radius 2 is 1.84 bits per heavy atom. The van der Waals surface area contributed by atoms with Crippen molar-refractivity contribution in [3.8, 4) is 5.75 Å². The van der Waals surface area contributed by atoms with Gasteiger partial charge in [0.25, 0.3) is 5.91 Å². The topological polar surface area (TPSA) is 58.6 Å². The van der Waals surface area contributed by atoms with E-state index in [1.807, 2.05) is 0 Å². The lowest BCUT2D eigenvalue weighted by Crippen LogP contribution is -2.44. The van der Waals surface area contributed by atoms with E-state index in [1.54, 1.807) is 24.3 Å². The van der Waals surface area contributed by atoms with Crippen molar-refractivity contribution in [1.29, 1.82) is 0 Å². The zero-order valence-corrected chi connectivity index (χ0v) is 13.1. The number of carbonyl (C=O) groups excluding carboxylic acids is 1. The lowest BCUT2D eigenvalue weighted by molar-refractivity contribution is -0.137. The number of para-hydroxylation sites is 1. The largest absolute Gasteiger partial charge is 0.493 e. The van der Waals surface area contributed by atoms with Gasteiger partial charge in [-0.15, -0.1) is 0 Å². The van der Waals surface area contributed by atoms with Gasteiger partial charge >= 0.3 is 6.18 Å². The maximum Gasteiger partial charge on any atom is 0.417 e. The number of rotatable bonds is 3. The van der Waals surface area contributed by atoms with E-state index in [9.17, 15) is 23.1 Å². The van der Waals surface area contributed by atoms with Crippen LogP contribution in [0, 0.1) is 0 Å². The molecule has 1 aliphatic rings. The molecule has 0 saturated carbocycles. The fraction of sp³-hybridized carbons (Fsp3) is 0.278. The molecule has 4 nitrogen and oxygen atoms in total. The summed E-state index contributed by atoms with van der Waals surface area (Å²) >= 11 is 0. The zero-order valence-electron chi connectivity index (χ0n) is 13.1. The van der Waals surface area contributed by atoms with Crippen LogP contribution in [0.15, 0.2) is 48.5 Å². The van der Waals surface area contributed by atoms with Gasteiger partial charge in [-0.2, -0.15) is 13.2 Å².